The van der Waals surface area contributed by atoms with Crippen LogP contribution in [0.25, 0.3) is 0 Å². The average molecular weight is 235 g/mol. The molecule has 0 bridgehead atoms. The Kier molecular flexibility index (Phi) is 3.79. The summed E-state index contributed by atoms with van der Waals surface area (Å²) in [5.41, 5.74) is -0.334. The van der Waals surface area contributed by atoms with Crippen molar-refractivity contribution in [1.82, 2.24) is 4.72 Å². The molecular formula is C10H21NO3S. The van der Waals surface area contributed by atoms with E-state index in [1.54, 1.807) is 0 Å². The number of aliphatic hydroxyl groups is 1. The summed E-state index contributed by atoms with van der Waals surface area (Å²) in [5, 5.41) is 9.48. The Bertz CT molecular complexity index is 311. The summed E-state index contributed by atoms with van der Waals surface area (Å²) in [5.74, 6) is 0.187. The van der Waals surface area contributed by atoms with Crippen LogP contribution >= 0.6 is 0 Å². The van der Waals surface area contributed by atoms with Gasteiger partial charge in [-0.2, -0.15) is 0 Å². The number of rotatable bonds is 5. The first-order valence-corrected chi connectivity index (χ1v) is 7.13. The first-order chi connectivity index (χ1) is 6.79. The lowest BCUT2D eigenvalue weighted by atomic mass is 9.65. The van der Waals surface area contributed by atoms with Crippen molar-refractivity contribution in [3.8, 4) is 0 Å². The summed E-state index contributed by atoms with van der Waals surface area (Å²) in [4.78, 5) is 0. The molecule has 2 unspecified atom stereocenters. The minimum atomic E-state index is -3.16. The molecule has 1 aliphatic carbocycles. The lowest BCUT2D eigenvalue weighted by molar-refractivity contribution is -0.0645. The fourth-order valence-electron chi connectivity index (χ4n) is 1.71. The standard InChI is InChI=1S/C10H21NO3S/c1-4-5-6-15(13,14)11-8-7-9(12)10(8,2)3/h8-9,11-12H,4-7H2,1-3H3. The van der Waals surface area contributed by atoms with Gasteiger partial charge in [-0.15, -0.1) is 0 Å². The van der Waals surface area contributed by atoms with E-state index in [0.717, 1.165) is 6.42 Å². The zero-order chi connectivity index (χ0) is 11.7. The monoisotopic (exact) mass is 235 g/mol. The highest BCUT2D eigenvalue weighted by Gasteiger charge is 2.48. The third kappa shape index (κ3) is 2.92. The van der Waals surface area contributed by atoms with E-state index in [-0.39, 0.29) is 17.2 Å². The maximum absolute atomic E-state index is 11.6. The molecule has 0 radical (unpaired) electrons. The number of aliphatic hydroxyl groups excluding tert-OH is 1. The van der Waals surface area contributed by atoms with E-state index < -0.39 is 16.1 Å². The van der Waals surface area contributed by atoms with Gasteiger partial charge in [0, 0.05) is 11.5 Å². The zero-order valence-corrected chi connectivity index (χ0v) is 10.5. The van der Waals surface area contributed by atoms with Gasteiger partial charge in [0.05, 0.1) is 11.9 Å². The van der Waals surface area contributed by atoms with Crippen LogP contribution < -0.4 is 4.72 Å². The molecule has 4 nitrogen and oxygen atoms in total. The lowest BCUT2D eigenvalue weighted by Gasteiger charge is -2.49. The van der Waals surface area contributed by atoms with Crippen molar-refractivity contribution < 1.29 is 13.5 Å². The first kappa shape index (κ1) is 12.9. The van der Waals surface area contributed by atoms with Crippen molar-refractivity contribution in [2.45, 2.75) is 52.2 Å². The van der Waals surface area contributed by atoms with Crippen molar-refractivity contribution in [3.63, 3.8) is 0 Å². The molecule has 90 valence electrons. The molecule has 2 N–H and O–H groups in total. The van der Waals surface area contributed by atoms with E-state index in [2.05, 4.69) is 4.72 Å². The number of hydrogen-bond donors (Lipinski definition) is 2. The molecule has 1 aliphatic rings. The van der Waals surface area contributed by atoms with Crippen LogP contribution in [-0.4, -0.2) is 31.4 Å². The second kappa shape index (κ2) is 4.39. The van der Waals surface area contributed by atoms with E-state index in [1.165, 1.54) is 0 Å². The van der Waals surface area contributed by atoms with Crippen molar-refractivity contribution in [3.05, 3.63) is 0 Å². The van der Waals surface area contributed by atoms with E-state index in [4.69, 9.17) is 0 Å². The maximum Gasteiger partial charge on any atom is 0.211 e. The third-order valence-corrected chi connectivity index (χ3v) is 4.77. The smallest absolute Gasteiger partial charge is 0.211 e. The van der Waals surface area contributed by atoms with Gasteiger partial charge in [0.25, 0.3) is 0 Å². The van der Waals surface area contributed by atoms with Gasteiger partial charge < -0.3 is 5.11 Å². The average Bonchev–Trinajstić information content (AvgIpc) is 2.14. The SMILES string of the molecule is CCCCS(=O)(=O)NC1CC(O)C1(C)C. The quantitative estimate of drug-likeness (QED) is 0.743. The Morgan fingerprint density at radius 3 is 2.47 bits per heavy atom. The number of sulfonamides is 1. The fourth-order valence-corrected chi connectivity index (χ4v) is 3.33. The van der Waals surface area contributed by atoms with Gasteiger partial charge in [0.1, 0.15) is 0 Å². The molecule has 0 aliphatic heterocycles. The van der Waals surface area contributed by atoms with Crippen LogP contribution in [0.2, 0.25) is 0 Å². The third-order valence-electron chi connectivity index (χ3n) is 3.30. The Balaban J connectivity index is 2.49. The van der Waals surface area contributed by atoms with Crippen molar-refractivity contribution in [2.75, 3.05) is 5.75 Å². The lowest BCUT2D eigenvalue weighted by Crippen LogP contribution is -2.61. The summed E-state index contributed by atoms with van der Waals surface area (Å²) >= 11 is 0. The van der Waals surface area contributed by atoms with Crippen molar-refractivity contribution in [2.24, 2.45) is 5.41 Å². The molecular weight excluding hydrogens is 214 g/mol. The van der Waals surface area contributed by atoms with E-state index in [1.807, 2.05) is 20.8 Å². The minimum absolute atomic E-state index is 0.116. The highest BCUT2D eigenvalue weighted by Crippen LogP contribution is 2.40. The van der Waals surface area contributed by atoms with Crippen LogP contribution in [0, 0.1) is 5.41 Å². The Morgan fingerprint density at radius 1 is 1.47 bits per heavy atom. The van der Waals surface area contributed by atoms with Crippen LogP contribution in [0.3, 0.4) is 0 Å². The summed E-state index contributed by atoms with van der Waals surface area (Å²) in [7, 11) is -3.16. The van der Waals surface area contributed by atoms with Crippen LogP contribution in [0.4, 0.5) is 0 Å². The normalized spacial score (nSPS) is 29.9. The van der Waals surface area contributed by atoms with E-state index >= 15 is 0 Å². The van der Waals surface area contributed by atoms with Gasteiger partial charge in [-0.1, -0.05) is 27.2 Å². The zero-order valence-electron chi connectivity index (χ0n) is 9.66. The molecule has 0 heterocycles. The van der Waals surface area contributed by atoms with Gasteiger partial charge in [0.15, 0.2) is 0 Å². The minimum Gasteiger partial charge on any atom is -0.392 e. The predicted octanol–water partition coefficient (Wildman–Crippen LogP) is 0.865. The topological polar surface area (TPSA) is 66.4 Å². The predicted molar refractivity (Wildman–Crippen MR) is 60.0 cm³/mol. The Labute approximate surface area is 92.1 Å². The van der Waals surface area contributed by atoms with Crippen molar-refractivity contribution in [1.29, 1.82) is 0 Å². The molecule has 1 saturated carbocycles. The van der Waals surface area contributed by atoms with Gasteiger partial charge in [-0.05, 0) is 12.8 Å². The number of hydrogen-bond acceptors (Lipinski definition) is 3. The molecule has 0 saturated heterocycles. The second-order valence-corrected chi connectivity index (χ2v) is 6.79. The number of nitrogens with one attached hydrogen (secondary N) is 1. The molecule has 2 atom stereocenters. The van der Waals surface area contributed by atoms with E-state index in [9.17, 15) is 13.5 Å². The summed E-state index contributed by atoms with van der Waals surface area (Å²) in [6, 6.07) is -0.116. The molecule has 1 fully saturated rings. The summed E-state index contributed by atoms with van der Waals surface area (Å²) < 4.78 is 25.8. The molecule has 0 amide bonds. The van der Waals surface area contributed by atoms with Gasteiger partial charge in [-0.3, -0.25) is 0 Å². The Morgan fingerprint density at radius 2 is 2.07 bits per heavy atom. The van der Waals surface area contributed by atoms with Crippen LogP contribution in [0.15, 0.2) is 0 Å². The van der Waals surface area contributed by atoms with Crippen LogP contribution in [0.1, 0.15) is 40.0 Å². The maximum atomic E-state index is 11.6. The second-order valence-electron chi connectivity index (χ2n) is 4.92. The van der Waals surface area contributed by atoms with Crippen molar-refractivity contribution >= 4 is 10.0 Å². The van der Waals surface area contributed by atoms with Crippen LogP contribution in [0.5, 0.6) is 0 Å². The van der Waals surface area contributed by atoms with Crippen LogP contribution in [-0.2, 0) is 10.0 Å². The molecule has 0 aromatic heterocycles. The van der Waals surface area contributed by atoms with E-state index in [0.29, 0.717) is 12.8 Å². The highest BCUT2D eigenvalue weighted by atomic mass is 32.2. The molecule has 0 spiro atoms. The highest BCUT2D eigenvalue weighted by molar-refractivity contribution is 7.89. The summed E-state index contributed by atoms with van der Waals surface area (Å²) in [6.07, 6.45) is 1.69. The molecule has 5 heteroatoms. The molecule has 0 aromatic rings. The largest absolute Gasteiger partial charge is 0.392 e. The van der Waals surface area contributed by atoms with Gasteiger partial charge in [-0.25, -0.2) is 13.1 Å². The Hall–Kier alpha value is -0.130. The number of unbranched alkanes of at least 4 members (excludes halogenated alkanes) is 1. The molecule has 0 aromatic carbocycles. The fraction of sp³-hybridized carbons (Fsp3) is 1.00. The first-order valence-electron chi connectivity index (χ1n) is 5.47. The molecule has 15 heavy (non-hydrogen) atoms. The molecule has 1 rings (SSSR count). The van der Waals surface area contributed by atoms with Gasteiger partial charge in [0.2, 0.25) is 10.0 Å². The summed E-state index contributed by atoms with van der Waals surface area (Å²) in [6.45, 7) is 5.73. The van der Waals surface area contributed by atoms with Gasteiger partial charge >= 0.3 is 0 Å².